The van der Waals surface area contributed by atoms with Gasteiger partial charge in [0.2, 0.25) is 0 Å². The lowest BCUT2D eigenvalue weighted by molar-refractivity contribution is 0.0952. The molecule has 0 heterocycles. The normalized spacial score (nSPS) is 10.5. The standard InChI is InChI=1S/C21H26N2O3/c1-4-26-19-11-6-5-10-18(19)23-21(25)17-9-7-8-16(14-17)20(24)22-13-12-15(2)3/h5-11,14-15H,4,12-13H2,1-3H3,(H,22,24)(H,23,25). The van der Waals surface area contributed by atoms with Crippen molar-refractivity contribution in [2.75, 3.05) is 18.5 Å². The molecule has 0 bridgehead atoms. The molecule has 0 aliphatic carbocycles. The number of carbonyl (C=O) groups excluding carboxylic acids is 2. The Kier molecular flexibility index (Phi) is 7.21. The van der Waals surface area contributed by atoms with Crippen LogP contribution >= 0.6 is 0 Å². The molecular formula is C21H26N2O3. The summed E-state index contributed by atoms with van der Waals surface area (Å²) >= 11 is 0. The van der Waals surface area contributed by atoms with Gasteiger partial charge < -0.3 is 15.4 Å². The molecule has 0 saturated carbocycles. The van der Waals surface area contributed by atoms with Crippen LogP contribution in [0.2, 0.25) is 0 Å². The zero-order valence-electron chi connectivity index (χ0n) is 15.5. The highest BCUT2D eigenvalue weighted by molar-refractivity contribution is 6.06. The van der Waals surface area contributed by atoms with Gasteiger partial charge in [0.15, 0.2) is 0 Å². The number of ether oxygens (including phenoxy) is 1. The molecule has 0 aromatic heterocycles. The smallest absolute Gasteiger partial charge is 0.255 e. The highest BCUT2D eigenvalue weighted by Gasteiger charge is 2.12. The van der Waals surface area contributed by atoms with Crippen LogP contribution in [-0.4, -0.2) is 25.0 Å². The Bertz CT molecular complexity index is 756. The maximum Gasteiger partial charge on any atom is 0.255 e. The van der Waals surface area contributed by atoms with E-state index in [0.717, 1.165) is 6.42 Å². The molecule has 0 atom stereocenters. The van der Waals surface area contributed by atoms with Gasteiger partial charge in [0, 0.05) is 17.7 Å². The summed E-state index contributed by atoms with van der Waals surface area (Å²) in [7, 11) is 0. The van der Waals surface area contributed by atoms with Crippen molar-refractivity contribution in [2.24, 2.45) is 5.92 Å². The van der Waals surface area contributed by atoms with E-state index in [1.165, 1.54) is 0 Å². The largest absolute Gasteiger partial charge is 0.492 e. The molecule has 0 radical (unpaired) electrons. The zero-order chi connectivity index (χ0) is 18.9. The van der Waals surface area contributed by atoms with E-state index in [1.807, 2.05) is 19.1 Å². The summed E-state index contributed by atoms with van der Waals surface area (Å²) in [6.07, 6.45) is 0.917. The molecule has 2 aromatic rings. The molecule has 138 valence electrons. The Morgan fingerprint density at radius 2 is 1.69 bits per heavy atom. The number of hydrogen-bond donors (Lipinski definition) is 2. The lowest BCUT2D eigenvalue weighted by atomic mass is 10.1. The summed E-state index contributed by atoms with van der Waals surface area (Å²) in [5.74, 6) is 0.688. The van der Waals surface area contributed by atoms with Crippen LogP contribution in [0, 0.1) is 5.92 Å². The molecule has 2 amide bonds. The van der Waals surface area contributed by atoms with Crippen LogP contribution in [-0.2, 0) is 0 Å². The Labute approximate surface area is 154 Å². The van der Waals surface area contributed by atoms with E-state index in [0.29, 0.717) is 41.6 Å². The van der Waals surface area contributed by atoms with Gasteiger partial charge in [-0.05, 0) is 49.6 Å². The van der Waals surface area contributed by atoms with E-state index >= 15 is 0 Å². The first kappa shape index (κ1) is 19.5. The Morgan fingerprint density at radius 1 is 1.00 bits per heavy atom. The van der Waals surface area contributed by atoms with Crippen molar-refractivity contribution < 1.29 is 14.3 Å². The lowest BCUT2D eigenvalue weighted by Crippen LogP contribution is -2.25. The van der Waals surface area contributed by atoms with E-state index in [9.17, 15) is 9.59 Å². The number of rotatable bonds is 8. The first-order valence-corrected chi connectivity index (χ1v) is 8.92. The quantitative estimate of drug-likeness (QED) is 0.749. The number of hydrogen-bond acceptors (Lipinski definition) is 3. The van der Waals surface area contributed by atoms with E-state index in [-0.39, 0.29) is 11.8 Å². The molecule has 2 rings (SSSR count). The number of carbonyl (C=O) groups is 2. The van der Waals surface area contributed by atoms with Crippen molar-refractivity contribution in [2.45, 2.75) is 27.2 Å². The number of nitrogens with one attached hydrogen (secondary N) is 2. The lowest BCUT2D eigenvalue weighted by Gasteiger charge is -2.12. The van der Waals surface area contributed by atoms with Crippen LogP contribution in [0.4, 0.5) is 5.69 Å². The zero-order valence-corrected chi connectivity index (χ0v) is 15.5. The highest BCUT2D eigenvalue weighted by atomic mass is 16.5. The monoisotopic (exact) mass is 354 g/mol. The Morgan fingerprint density at radius 3 is 2.38 bits per heavy atom. The van der Waals surface area contributed by atoms with Gasteiger partial charge in [-0.15, -0.1) is 0 Å². The molecule has 0 saturated heterocycles. The molecule has 0 spiro atoms. The van der Waals surface area contributed by atoms with Crippen LogP contribution in [0.5, 0.6) is 5.75 Å². The molecular weight excluding hydrogens is 328 g/mol. The molecule has 0 fully saturated rings. The fourth-order valence-electron chi connectivity index (χ4n) is 2.42. The van der Waals surface area contributed by atoms with Gasteiger partial charge in [-0.3, -0.25) is 9.59 Å². The van der Waals surface area contributed by atoms with Gasteiger partial charge in [-0.2, -0.15) is 0 Å². The molecule has 26 heavy (non-hydrogen) atoms. The van der Waals surface area contributed by atoms with Crippen LogP contribution < -0.4 is 15.4 Å². The minimum atomic E-state index is -0.283. The summed E-state index contributed by atoms with van der Waals surface area (Å²) in [6, 6.07) is 14.0. The minimum Gasteiger partial charge on any atom is -0.492 e. The summed E-state index contributed by atoms with van der Waals surface area (Å²) < 4.78 is 5.52. The number of anilines is 1. The third-order valence-corrected chi connectivity index (χ3v) is 3.83. The van der Waals surface area contributed by atoms with Gasteiger partial charge in [0.25, 0.3) is 11.8 Å². The second kappa shape index (κ2) is 9.61. The van der Waals surface area contributed by atoms with Crippen molar-refractivity contribution in [1.82, 2.24) is 5.32 Å². The van der Waals surface area contributed by atoms with Crippen molar-refractivity contribution in [3.8, 4) is 5.75 Å². The summed E-state index contributed by atoms with van der Waals surface area (Å²) in [6.45, 7) is 7.24. The molecule has 0 unspecified atom stereocenters. The van der Waals surface area contributed by atoms with Gasteiger partial charge >= 0.3 is 0 Å². The first-order valence-electron chi connectivity index (χ1n) is 8.92. The fraction of sp³-hybridized carbons (Fsp3) is 0.333. The number of benzene rings is 2. The molecule has 2 aromatic carbocycles. The van der Waals surface area contributed by atoms with Gasteiger partial charge in [0.1, 0.15) is 5.75 Å². The van der Waals surface area contributed by atoms with E-state index in [4.69, 9.17) is 4.74 Å². The molecule has 2 N–H and O–H groups in total. The second-order valence-corrected chi connectivity index (χ2v) is 6.40. The highest BCUT2D eigenvalue weighted by Crippen LogP contribution is 2.24. The second-order valence-electron chi connectivity index (χ2n) is 6.40. The minimum absolute atomic E-state index is 0.171. The number of para-hydroxylation sites is 2. The Balaban J connectivity index is 2.07. The van der Waals surface area contributed by atoms with E-state index in [1.54, 1.807) is 36.4 Å². The predicted octanol–water partition coefficient (Wildman–Crippen LogP) is 4.11. The fourth-order valence-corrected chi connectivity index (χ4v) is 2.42. The van der Waals surface area contributed by atoms with Gasteiger partial charge in [-0.25, -0.2) is 0 Å². The molecule has 0 aliphatic rings. The third-order valence-electron chi connectivity index (χ3n) is 3.83. The van der Waals surface area contributed by atoms with Crippen molar-refractivity contribution >= 4 is 17.5 Å². The van der Waals surface area contributed by atoms with Gasteiger partial charge in [-0.1, -0.05) is 32.0 Å². The van der Waals surface area contributed by atoms with E-state index < -0.39 is 0 Å². The Hall–Kier alpha value is -2.82. The van der Waals surface area contributed by atoms with Crippen LogP contribution in [0.25, 0.3) is 0 Å². The van der Waals surface area contributed by atoms with Crippen molar-refractivity contribution in [3.63, 3.8) is 0 Å². The molecule has 5 nitrogen and oxygen atoms in total. The molecule has 0 aliphatic heterocycles. The summed E-state index contributed by atoms with van der Waals surface area (Å²) in [5.41, 5.74) is 1.50. The first-order chi connectivity index (χ1) is 12.5. The molecule has 5 heteroatoms. The van der Waals surface area contributed by atoms with Gasteiger partial charge in [0.05, 0.1) is 12.3 Å². The van der Waals surface area contributed by atoms with Crippen molar-refractivity contribution in [1.29, 1.82) is 0 Å². The topological polar surface area (TPSA) is 67.4 Å². The average Bonchev–Trinajstić information content (AvgIpc) is 2.63. The van der Waals surface area contributed by atoms with Crippen LogP contribution in [0.3, 0.4) is 0 Å². The van der Waals surface area contributed by atoms with E-state index in [2.05, 4.69) is 24.5 Å². The average molecular weight is 354 g/mol. The summed E-state index contributed by atoms with van der Waals surface area (Å²) in [5, 5.41) is 5.72. The maximum atomic E-state index is 12.6. The van der Waals surface area contributed by atoms with Crippen molar-refractivity contribution in [3.05, 3.63) is 59.7 Å². The SMILES string of the molecule is CCOc1ccccc1NC(=O)c1cccc(C(=O)NCCC(C)C)c1. The van der Waals surface area contributed by atoms with Crippen LogP contribution in [0.1, 0.15) is 47.9 Å². The maximum absolute atomic E-state index is 12.6. The third kappa shape index (κ3) is 5.62. The summed E-state index contributed by atoms with van der Waals surface area (Å²) in [4.78, 5) is 24.8. The van der Waals surface area contributed by atoms with Crippen LogP contribution in [0.15, 0.2) is 48.5 Å². The predicted molar refractivity (Wildman–Crippen MR) is 104 cm³/mol. The number of amides is 2.